The average molecular weight is 1140 g/mol. The molecule has 412 valence electrons. The first kappa shape index (κ1) is 52.2. The van der Waals surface area contributed by atoms with Crippen LogP contribution in [0.4, 0.5) is 34.1 Å². The fourth-order valence-corrected chi connectivity index (χ4v) is 15.2. The zero-order chi connectivity index (χ0) is 58.2. The third kappa shape index (κ3) is 8.31. The van der Waals surface area contributed by atoms with Crippen LogP contribution in [0.3, 0.4) is 0 Å². The first-order valence-electron chi connectivity index (χ1n) is 29.9. The van der Waals surface area contributed by atoms with Crippen molar-refractivity contribution in [3.63, 3.8) is 0 Å². The molecule has 0 unspecified atom stereocenters. The van der Waals surface area contributed by atoms with Crippen LogP contribution in [-0.2, 0) is 10.8 Å². The largest absolute Gasteiger partial charge is 0.456 e. The quantitative estimate of drug-likeness (QED) is 0.148. The molecule has 6 heteroatoms. The lowest BCUT2D eigenvalue weighted by atomic mass is 9.33. The molecule has 3 nitrogen and oxygen atoms in total. The summed E-state index contributed by atoms with van der Waals surface area (Å²) in [5.41, 5.74) is 25.5. The number of anilines is 6. The van der Waals surface area contributed by atoms with Crippen molar-refractivity contribution < 1.29 is 4.42 Å². The second kappa shape index (κ2) is 19.9. The molecular formula is C80H60BClN2OS. The summed E-state index contributed by atoms with van der Waals surface area (Å²) in [7, 11) is 0. The highest BCUT2D eigenvalue weighted by Gasteiger charge is 2.46. The minimum Gasteiger partial charge on any atom is -0.456 e. The average Bonchev–Trinajstić information content (AvgIpc) is 0.817. The Labute approximate surface area is 512 Å². The minimum absolute atomic E-state index is 0.0439. The van der Waals surface area contributed by atoms with E-state index in [1.165, 1.54) is 64.4 Å². The monoisotopic (exact) mass is 1140 g/mol. The van der Waals surface area contributed by atoms with Gasteiger partial charge in [-0.25, -0.2) is 0 Å². The molecule has 0 bridgehead atoms. The van der Waals surface area contributed by atoms with Crippen molar-refractivity contribution in [1.82, 2.24) is 0 Å². The van der Waals surface area contributed by atoms with Gasteiger partial charge in [0, 0.05) is 81.0 Å². The zero-order valence-electron chi connectivity index (χ0n) is 48.9. The molecule has 16 rings (SSSR count). The van der Waals surface area contributed by atoms with Crippen molar-refractivity contribution in [2.45, 2.75) is 52.4 Å². The number of halogens is 1. The van der Waals surface area contributed by atoms with E-state index in [0.717, 1.165) is 95.0 Å². The summed E-state index contributed by atoms with van der Waals surface area (Å²) in [5.74, 6) is 0. The van der Waals surface area contributed by atoms with Crippen LogP contribution in [0.5, 0.6) is 0 Å². The SMILES string of the molecule is CC(C)(C)c1cccc(-c2ccc3c(c2)B2c4ccc(Cl)cc4N(c4c(-c5ccccc5)cc5sc6ccccc6c5c4-c4ccccc4)c4cc(C(C)(C)C)cc(c42)N3c2c(-c3ccccc3)cc3oc4ccccc4c3c2-c2ccccc2)c1. The Bertz CT molecular complexity index is 5040. The van der Waals surface area contributed by atoms with E-state index in [1.54, 1.807) is 0 Å². The Morgan fingerprint density at radius 3 is 1.55 bits per heavy atom. The number of thiophene rings is 1. The van der Waals surface area contributed by atoms with Crippen molar-refractivity contribution in [2.75, 3.05) is 9.80 Å². The van der Waals surface area contributed by atoms with Crippen LogP contribution in [0.2, 0.25) is 5.02 Å². The molecule has 0 atom stereocenters. The van der Waals surface area contributed by atoms with Gasteiger partial charge in [0.1, 0.15) is 11.2 Å². The van der Waals surface area contributed by atoms with Gasteiger partial charge in [-0.1, -0.05) is 253 Å². The number of hydrogen-bond acceptors (Lipinski definition) is 4. The van der Waals surface area contributed by atoms with Gasteiger partial charge in [-0.3, -0.25) is 0 Å². The smallest absolute Gasteiger partial charge is 0.252 e. The highest BCUT2D eigenvalue weighted by Crippen LogP contribution is 2.58. The number of benzene rings is 12. The highest BCUT2D eigenvalue weighted by molar-refractivity contribution is 7.26. The number of hydrogen-bond donors (Lipinski definition) is 0. The molecule has 4 heterocycles. The van der Waals surface area contributed by atoms with E-state index in [9.17, 15) is 0 Å². The van der Waals surface area contributed by atoms with E-state index in [-0.39, 0.29) is 17.5 Å². The normalized spacial score (nSPS) is 13.0. The fourth-order valence-electron chi connectivity index (χ4n) is 13.9. The predicted molar refractivity (Wildman–Crippen MR) is 370 cm³/mol. The third-order valence-electron chi connectivity index (χ3n) is 18.0. The molecule has 0 saturated carbocycles. The van der Waals surface area contributed by atoms with Gasteiger partial charge in [0.15, 0.2) is 0 Å². The molecule has 2 aliphatic heterocycles. The molecule has 12 aromatic carbocycles. The summed E-state index contributed by atoms with van der Waals surface area (Å²) < 4.78 is 9.50. The van der Waals surface area contributed by atoms with Crippen LogP contribution in [0.1, 0.15) is 52.7 Å². The summed E-state index contributed by atoms with van der Waals surface area (Å²) in [6, 6.07) is 94.5. The van der Waals surface area contributed by atoms with Gasteiger partial charge in [-0.05, 0) is 126 Å². The van der Waals surface area contributed by atoms with E-state index >= 15 is 0 Å². The Morgan fingerprint density at radius 2 is 0.907 bits per heavy atom. The van der Waals surface area contributed by atoms with Crippen LogP contribution in [0, 0.1) is 0 Å². The maximum Gasteiger partial charge on any atom is 0.252 e. The van der Waals surface area contributed by atoms with Crippen LogP contribution in [0.25, 0.3) is 97.7 Å². The van der Waals surface area contributed by atoms with Gasteiger partial charge < -0.3 is 14.2 Å². The summed E-state index contributed by atoms with van der Waals surface area (Å²) in [4.78, 5) is 5.29. The molecule has 0 N–H and O–H groups in total. The Balaban J connectivity index is 1.11. The number of para-hydroxylation sites is 1. The lowest BCUT2D eigenvalue weighted by Gasteiger charge is -2.46. The Hall–Kier alpha value is -9.39. The first-order chi connectivity index (χ1) is 41.9. The van der Waals surface area contributed by atoms with Gasteiger partial charge >= 0.3 is 0 Å². The van der Waals surface area contributed by atoms with Crippen molar-refractivity contribution in [1.29, 1.82) is 0 Å². The van der Waals surface area contributed by atoms with Crippen LogP contribution < -0.4 is 26.2 Å². The van der Waals surface area contributed by atoms with Crippen molar-refractivity contribution in [3.8, 4) is 55.6 Å². The molecule has 86 heavy (non-hydrogen) atoms. The van der Waals surface area contributed by atoms with Gasteiger partial charge in [-0.15, -0.1) is 11.3 Å². The van der Waals surface area contributed by atoms with Crippen molar-refractivity contribution in [3.05, 3.63) is 271 Å². The van der Waals surface area contributed by atoms with Gasteiger partial charge in [-0.2, -0.15) is 0 Å². The molecule has 0 radical (unpaired) electrons. The Morgan fingerprint density at radius 1 is 0.372 bits per heavy atom. The number of nitrogens with zero attached hydrogens (tertiary/aromatic N) is 2. The minimum atomic E-state index is -0.303. The summed E-state index contributed by atoms with van der Waals surface area (Å²) >= 11 is 9.39. The lowest BCUT2D eigenvalue weighted by molar-refractivity contribution is 0.590. The predicted octanol–water partition coefficient (Wildman–Crippen LogP) is 21.6. The van der Waals surface area contributed by atoms with E-state index in [2.05, 4.69) is 306 Å². The second-order valence-corrected chi connectivity index (χ2v) is 26.8. The van der Waals surface area contributed by atoms with Crippen LogP contribution >= 0.6 is 22.9 Å². The van der Waals surface area contributed by atoms with Crippen molar-refractivity contribution >= 4 is 122 Å². The van der Waals surface area contributed by atoms with Crippen LogP contribution in [0.15, 0.2) is 259 Å². The molecule has 0 fully saturated rings. The van der Waals surface area contributed by atoms with Crippen LogP contribution in [-0.4, -0.2) is 6.71 Å². The third-order valence-corrected chi connectivity index (χ3v) is 19.3. The molecule has 0 aliphatic carbocycles. The van der Waals surface area contributed by atoms with Crippen molar-refractivity contribution in [2.24, 2.45) is 0 Å². The van der Waals surface area contributed by atoms with E-state index in [1.807, 2.05) is 11.3 Å². The standard InChI is InChI=1S/C80H60BClN2OS/c1-79(2,3)55-33-23-32-53(42-55)54-38-41-64-63(43-54)81-62-40-39-57(82)46-65(62)84(78-61(50-26-13-8-14-27-50)48-71-75(59-35-20-22-37-70(59)86-71)73(78)52-30-17-10-18-31-52)67-45-56(80(4,5)6)44-66(76(67)81)83(64)77-60(49-24-11-7-12-25-49)47-69-74(58-34-19-21-36-68(58)85-69)72(77)51-28-15-9-16-29-51/h7-48H,1-6H3. The molecule has 0 amide bonds. The lowest BCUT2D eigenvalue weighted by Crippen LogP contribution is -2.61. The van der Waals surface area contributed by atoms with Gasteiger partial charge in [0.2, 0.25) is 0 Å². The second-order valence-electron chi connectivity index (χ2n) is 25.3. The van der Waals surface area contributed by atoms with E-state index in [0.29, 0.717) is 5.02 Å². The highest BCUT2D eigenvalue weighted by atomic mass is 35.5. The first-order valence-corrected chi connectivity index (χ1v) is 31.1. The van der Waals surface area contributed by atoms with Gasteiger partial charge in [0.25, 0.3) is 6.71 Å². The summed E-state index contributed by atoms with van der Waals surface area (Å²) in [5, 5.41) is 5.32. The fraction of sp³-hybridized carbons (Fsp3) is 0.100. The number of fused-ring (bicyclic) bond motifs is 10. The zero-order valence-corrected chi connectivity index (χ0v) is 50.5. The molecule has 0 spiro atoms. The molecule has 2 aliphatic rings. The maximum absolute atomic E-state index is 7.52. The molecule has 14 aromatic rings. The summed E-state index contributed by atoms with van der Waals surface area (Å²) in [6.07, 6.45) is 0. The molecular weight excluding hydrogens is 1080 g/mol. The van der Waals surface area contributed by atoms with E-state index < -0.39 is 0 Å². The Kier molecular flexibility index (Phi) is 12.0. The topological polar surface area (TPSA) is 19.6 Å². The molecule has 2 aromatic heterocycles. The van der Waals surface area contributed by atoms with E-state index in [4.69, 9.17) is 16.0 Å². The molecule has 0 saturated heterocycles. The number of furan rings is 1. The maximum atomic E-state index is 7.52. The summed E-state index contributed by atoms with van der Waals surface area (Å²) in [6.45, 7) is 13.8. The number of rotatable bonds is 7. The van der Waals surface area contributed by atoms with Gasteiger partial charge in [0.05, 0.1) is 11.4 Å².